The number of oxazole rings is 1. The summed E-state index contributed by atoms with van der Waals surface area (Å²) >= 11 is 0. The number of nitrogen functional groups attached to an aromatic ring is 1. The smallest absolute Gasteiger partial charge is 0.293 e. The van der Waals surface area contributed by atoms with Crippen molar-refractivity contribution in [2.45, 2.75) is 6.92 Å². The SMILES string of the molecule is Cc1ncoc1C(=O)Nc1cc(F)ccc1N. The number of carbonyl (C=O) groups excluding carboxylic acids is 1. The van der Waals surface area contributed by atoms with Crippen molar-refractivity contribution in [1.29, 1.82) is 0 Å². The van der Waals surface area contributed by atoms with Crippen molar-refractivity contribution in [3.63, 3.8) is 0 Å². The monoisotopic (exact) mass is 235 g/mol. The molecule has 0 spiro atoms. The lowest BCUT2D eigenvalue weighted by molar-refractivity contribution is 0.0996. The molecule has 0 saturated heterocycles. The van der Waals surface area contributed by atoms with E-state index in [4.69, 9.17) is 10.2 Å². The predicted octanol–water partition coefficient (Wildman–Crippen LogP) is 1.96. The number of rotatable bonds is 2. The van der Waals surface area contributed by atoms with Crippen LogP contribution in [0.25, 0.3) is 0 Å². The first-order chi connectivity index (χ1) is 8.08. The average molecular weight is 235 g/mol. The van der Waals surface area contributed by atoms with Crippen LogP contribution in [-0.4, -0.2) is 10.9 Å². The Hall–Kier alpha value is -2.37. The second-order valence-electron chi connectivity index (χ2n) is 3.45. The van der Waals surface area contributed by atoms with Gasteiger partial charge in [-0.25, -0.2) is 9.37 Å². The Morgan fingerprint density at radius 3 is 2.94 bits per heavy atom. The van der Waals surface area contributed by atoms with Crippen LogP contribution in [0.15, 0.2) is 29.0 Å². The third kappa shape index (κ3) is 2.25. The molecular weight excluding hydrogens is 225 g/mol. The third-order valence-corrected chi connectivity index (χ3v) is 2.22. The highest BCUT2D eigenvalue weighted by molar-refractivity contribution is 6.04. The Labute approximate surface area is 96.4 Å². The topological polar surface area (TPSA) is 81.2 Å². The summed E-state index contributed by atoms with van der Waals surface area (Å²) in [6, 6.07) is 3.72. The zero-order valence-electron chi connectivity index (χ0n) is 9.03. The van der Waals surface area contributed by atoms with Crippen molar-refractivity contribution in [2.75, 3.05) is 11.1 Å². The Morgan fingerprint density at radius 2 is 2.29 bits per heavy atom. The van der Waals surface area contributed by atoms with Crippen molar-refractivity contribution in [2.24, 2.45) is 0 Å². The van der Waals surface area contributed by atoms with Crippen LogP contribution in [-0.2, 0) is 0 Å². The molecule has 0 unspecified atom stereocenters. The highest BCUT2D eigenvalue weighted by Crippen LogP contribution is 2.20. The van der Waals surface area contributed by atoms with Gasteiger partial charge in [-0.3, -0.25) is 4.79 Å². The summed E-state index contributed by atoms with van der Waals surface area (Å²) in [5.74, 6) is -0.922. The summed E-state index contributed by atoms with van der Waals surface area (Å²) in [5, 5.41) is 2.46. The van der Waals surface area contributed by atoms with E-state index in [-0.39, 0.29) is 17.1 Å². The first-order valence-corrected chi connectivity index (χ1v) is 4.84. The Morgan fingerprint density at radius 1 is 1.53 bits per heavy atom. The largest absolute Gasteiger partial charge is 0.438 e. The van der Waals surface area contributed by atoms with Gasteiger partial charge in [0.15, 0.2) is 6.39 Å². The van der Waals surface area contributed by atoms with Crippen molar-refractivity contribution in [3.8, 4) is 0 Å². The van der Waals surface area contributed by atoms with Gasteiger partial charge in [0.2, 0.25) is 5.76 Å². The van der Waals surface area contributed by atoms with E-state index in [1.54, 1.807) is 6.92 Å². The maximum Gasteiger partial charge on any atom is 0.293 e. The van der Waals surface area contributed by atoms with Crippen LogP contribution in [0.5, 0.6) is 0 Å². The fourth-order valence-electron chi connectivity index (χ4n) is 1.34. The lowest BCUT2D eigenvalue weighted by atomic mass is 10.2. The number of aryl methyl sites for hydroxylation is 1. The first-order valence-electron chi connectivity index (χ1n) is 4.84. The number of carbonyl (C=O) groups is 1. The van der Waals surface area contributed by atoms with E-state index in [1.165, 1.54) is 18.5 Å². The van der Waals surface area contributed by atoms with Crippen molar-refractivity contribution in [1.82, 2.24) is 4.98 Å². The molecule has 1 aromatic heterocycles. The predicted molar refractivity (Wildman–Crippen MR) is 60.0 cm³/mol. The molecule has 0 aliphatic rings. The van der Waals surface area contributed by atoms with E-state index >= 15 is 0 Å². The molecule has 0 fully saturated rings. The third-order valence-electron chi connectivity index (χ3n) is 2.22. The summed E-state index contributed by atoms with van der Waals surface area (Å²) in [4.78, 5) is 15.5. The molecule has 1 heterocycles. The fourth-order valence-corrected chi connectivity index (χ4v) is 1.34. The molecule has 2 aromatic rings. The molecule has 1 aromatic carbocycles. The van der Waals surface area contributed by atoms with Gasteiger partial charge in [0.25, 0.3) is 5.91 Å². The molecule has 5 nitrogen and oxygen atoms in total. The van der Waals surface area contributed by atoms with Gasteiger partial charge in [0.05, 0.1) is 17.1 Å². The van der Waals surface area contributed by atoms with E-state index < -0.39 is 11.7 Å². The van der Waals surface area contributed by atoms with Gasteiger partial charge in [-0.15, -0.1) is 0 Å². The molecule has 0 atom stereocenters. The van der Waals surface area contributed by atoms with Gasteiger partial charge in [0, 0.05) is 0 Å². The van der Waals surface area contributed by atoms with E-state index in [9.17, 15) is 9.18 Å². The summed E-state index contributed by atoms with van der Waals surface area (Å²) in [7, 11) is 0. The average Bonchev–Trinajstić information content (AvgIpc) is 2.70. The lowest BCUT2D eigenvalue weighted by Crippen LogP contribution is -2.13. The van der Waals surface area contributed by atoms with Gasteiger partial charge in [-0.05, 0) is 25.1 Å². The normalized spacial score (nSPS) is 10.2. The summed E-state index contributed by atoms with van der Waals surface area (Å²) in [6.45, 7) is 1.63. The number of hydrogen-bond donors (Lipinski definition) is 2. The van der Waals surface area contributed by atoms with E-state index in [0.29, 0.717) is 5.69 Å². The van der Waals surface area contributed by atoms with Crippen LogP contribution in [0.2, 0.25) is 0 Å². The molecule has 6 heteroatoms. The molecule has 0 radical (unpaired) electrons. The number of amides is 1. The van der Waals surface area contributed by atoms with Crippen LogP contribution < -0.4 is 11.1 Å². The van der Waals surface area contributed by atoms with Crippen LogP contribution in [0.4, 0.5) is 15.8 Å². The molecule has 0 bridgehead atoms. The maximum atomic E-state index is 13.0. The lowest BCUT2D eigenvalue weighted by Gasteiger charge is -2.06. The maximum absolute atomic E-state index is 13.0. The zero-order valence-corrected chi connectivity index (χ0v) is 9.03. The van der Waals surface area contributed by atoms with Gasteiger partial charge in [-0.1, -0.05) is 0 Å². The van der Waals surface area contributed by atoms with Crippen LogP contribution in [0.1, 0.15) is 16.2 Å². The molecule has 2 rings (SSSR count). The molecule has 3 N–H and O–H groups in total. The quantitative estimate of drug-likeness (QED) is 0.779. The van der Waals surface area contributed by atoms with Crippen molar-refractivity contribution < 1.29 is 13.6 Å². The zero-order chi connectivity index (χ0) is 12.4. The van der Waals surface area contributed by atoms with Crippen LogP contribution in [0.3, 0.4) is 0 Å². The first kappa shape index (κ1) is 11.1. The second kappa shape index (κ2) is 4.25. The Balaban J connectivity index is 2.24. The van der Waals surface area contributed by atoms with Crippen molar-refractivity contribution in [3.05, 3.63) is 41.9 Å². The summed E-state index contributed by atoms with van der Waals surface area (Å²) in [5.41, 5.74) is 6.53. The number of nitrogens with zero attached hydrogens (tertiary/aromatic N) is 1. The molecule has 17 heavy (non-hydrogen) atoms. The molecule has 1 amide bonds. The number of hydrogen-bond acceptors (Lipinski definition) is 4. The fraction of sp³-hybridized carbons (Fsp3) is 0.0909. The molecule has 0 aliphatic heterocycles. The highest BCUT2D eigenvalue weighted by atomic mass is 19.1. The molecule has 88 valence electrons. The van der Waals surface area contributed by atoms with E-state index in [0.717, 1.165) is 6.07 Å². The standard InChI is InChI=1S/C11H10FN3O2/c1-6-10(17-5-14-6)11(16)15-9-4-7(12)2-3-8(9)13/h2-5H,13H2,1H3,(H,15,16). The number of halogens is 1. The Bertz CT molecular complexity index is 566. The minimum absolute atomic E-state index is 0.0775. The number of nitrogens with one attached hydrogen (secondary N) is 1. The van der Waals surface area contributed by atoms with E-state index in [2.05, 4.69) is 10.3 Å². The molecule has 0 saturated carbocycles. The summed E-state index contributed by atoms with van der Waals surface area (Å²) < 4.78 is 17.9. The molecule has 0 aliphatic carbocycles. The number of nitrogens with two attached hydrogens (primary N) is 1. The van der Waals surface area contributed by atoms with E-state index in [1.807, 2.05) is 0 Å². The summed E-state index contributed by atoms with van der Waals surface area (Å²) in [6.07, 6.45) is 1.17. The number of anilines is 2. The minimum atomic E-state index is -0.516. The second-order valence-corrected chi connectivity index (χ2v) is 3.45. The van der Waals surface area contributed by atoms with Gasteiger partial charge in [0.1, 0.15) is 5.82 Å². The Kier molecular flexibility index (Phi) is 2.78. The van der Waals surface area contributed by atoms with Crippen LogP contribution in [0, 0.1) is 12.7 Å². The number of benzene rings is 1. The molecular formula is C11H10FN3O2. The highest BCUT2D eigenvalue weighted by Gasteiger charge is 2.15. The van der Waals surface area contributed by atoms with Gasteiger partial charge in [-0.2, -0.15) is 0 Å². The van der Waals surface area contributed by atoms with Gasteiger partial charge >= 0.3 is 0 Å². The van der Waals surface area contributed by atoms with Gasteiger partial charge < -0.3 is 15.5 Å². The van der Waals surface area contributed by atoms with Crippen LogP contribution >= 0.6 is 0 Å². The number of aromatic nitrogens is 1. The van der Waals surface area contributed by atoms with Crippen molar-refractivity contribution >= 4 is 17.3 Å². The minimum Gasteiger partial charge on any atom is -0.438 e.